The number of halogens is 1. The van der Waals surface area contributed by atoms with Crippen LogP contribution in [0, 0.1) is 11.8 Å². The normalized spacial score (nSPS) is 28.3. The van der Waals surface area contributed by atoms with Gasteiger partial charge in [-0.05, 0) is 88.3 Å². The smallest absolute Gasteiger partial charge is 0.220 e. The van der Waals surface area contributed by atoms with Crippen molar-refractivity contribution in [3.05, 3.63) is 23.2 Å². The van der Waals surface area contributed by atoms with Gasteiger partial charge >= 0.3 is 0 Å². The third kappa shape index (κ3) is 6.49. The van der Waals surface area contributed by atoms with Gasteiger partial charge in [0.1, 0.15) is 0 Å². The second-order valence-corrected chi connectivity index (χ2v) is 11.4. The van der Waals surface area contributed by atoms with Crippen LogP contribution in [0.3, 0.4) is 0 Å². The molecule has 0 radical (unpaired) electrons. The van der Waals surface area contributed by atoms with Crippen LogP contribution in [-0.2, 0) is 4.79 Å². The Hall–Kier alpha value is -1.83. The fraction of sp³-hybridized carbons (Fsp3) is 0.704. The molecule has 8 heteroatoms. The molecule has 0 bridgehead atoms. The number of carbonyl (C=O) groups excluding carboxylic acids is 1. The molecule has 2 N–H and O–H groups in total. The van der Waals surface area contributed by atoms with Gasteiger partial charge in [-0.25, -0.2) is 0 Å². The lowest BCUT2D eigenvalue weighted by molar-refractivity contribution is -0.123. The van der Waals surface area contributed by atoms with Crippen LogP contribution >= 0.6 is 11.6 Å². The minimum atomic E-state index is -0.151. The third-order valence-corrected chi connectivity index (χ3v) is 8.68. The van der Waals surface area contributed by atoms with Crippen LogP contribution in [0.15, 0.2) is 22.7 Å². The van der Waals surface area contributed by atoms with Crippen molar-refractivity contribution in [2.45, 2.75) is 76.4 Å². The predicted octanol–water partition coefficient (Wildman–Crippen LogP) is 4.61. The van der Waals surface area contributed by atoms with Gasteiger partial charge in [0, 0.05) is 49.7 Å². The Bertz CT molecular complexity index is 974. The van der Waals surface area contributed by atoms with Crippen LogP contribution in [0.5, 0.6) is 0 Å². The lowest BCUT2D eigenvalue weighted by atomic mass is 9.83. The first-order valence-corrected chi connectivity index (χ1v) is 13.9. The molecular weight excluding hydrogens is 464 g/mol. The maximum atomic E-state index is 12.5. The fourth-order valence-electron chi connectivity index (χ4n) is 6.17. The zero-order valence-electron chi connectivity index (χ0n) is 20.6. The van der Waals surface area contributed by atoms with Gasteiger partial charge in [-0.3, -0.25) is 9.69 Å². The molecule has 0 spiro atoms. The molecule has 1 aromatic carbocycles. The summed E-state index contributed by atoms with van der Waals surface area (Å²) in [6, 6.07) is 6.07. The summed E-state index contributed by atoms with van der Waals surface area (Å²) in [5.74, 6) is 2.37. The summed E-state index contributed by atoms with van der Waals surface area (Å²) in [7, 11) is 0. The van der Waals surface area contributed by atoms with Gasteiger partial charge in [-0.15, -0.1) is 0 Å². The Labute approximate surface area is 213 Å². The van der Waals surface area contributed by atoms with Crippen molar-refractivity contribution in [2.24, 2.45) is 11.8 Å². The van der Waals surface area contributed by atoms with Gasteiger partial charge in [0.15, 0.2) is 11.4 Å². The van der Waals surface area contributed by atoms with Gasteiger partial charge < -0.3 is 19.8 Å². The standard InChI is InChI=1S/C27H39ClN4O3/c28-21-5-10-24-25(18-21)35-30-27(24)32-15-13-31(14-16-32)12-11-19-1-6-22(7-2-19)29-26(34)17-20-3-8-23(33)9-4-20/h5,10,18-20,22-23,33H,1-4,6-9,11-17H2,(H,29,34). The lowest BCUT2D eigenvalue weighted by Crippen LogP contribution is -2.47. The summed E-state index contributed by atoms with van der Waals surface area (Å²) in [6.07, 6.45) is 10.1. The van der Waals surface area contributed by atoms with E-state index in [2.05, 4.69) is 20.3 Å². The van der Waals surface area contributed by atoms with E-state index in [1.54, 1.807) is 0 Å². The number of nitrogens with one attached hydrogen (secondary N) is 1. The number of rotatable bonds is 7. The number of hydrogen-bond acceptors (Lipinski definition) is 6. The molecule has 1 amide bonds. The van der Waals surface area contributed by atoms with Crippen molar-refractivity contribution in [3.8, 4) is 0 Å². The van der Waals surface area contributed by atoms with Crippen molar-refractivity contribution in [1.82, 2.24) is 15.4 Å². The quantitative estimate of drug-likeness (QED) is 0.575. The van der Waals surface area contributed by atoms with Crippen LogP contribution < -0.4 is 10.2 Å². The second kappa shape index (κ2) is 11.5. The Balaban J connectivity index is 0.983. The number of anilines is 1. The Kier molecular flexibility index (Phi) is 8.15. The van der Waals surface area contributed by atoms with E-state index in [1.165, 1.54) is 19.3 Å². The maximum Gasteiger partial charge on any atom is 0.220 e. The van der Waals surface area contributed by atoms with Crippen molar-refractivity contribution >= 4 is 34.3 Å². The molecule has 2 saturated carbocycles. The molecule has 1 aliphatic heterocycles. The largest absolute Gasteiger partial charge is 0.393 e. The number of aliphatic hydroxyl groups excluding tert-OH is 1. The van der Waals surface area contributed by atoms with Crippen molar-refractivity contribution < 1.29 is 14.4 Å². The monoisotopic (exact) mass is 502 g/mol. The summed E-state index contributed by atoms with van der Waals surface area (Å²) >= 11 is 6.07. The van der Waals surface area contributed by atoms with E-state index in [9.17, 15) is 9.90 Å². The topological polar surface area (TPSA) is 81.8 Å². The minimum Gasteiger partial charge on any atom is -0.393 e. The van der Waals surface area contributed by atoms with E-state index in [-0.39, 0.29) is 12.0 Å². The van der Waals surface area contributed by atoms with Crippen LogP contribution in [-0.4, -0.2) is 65.9 Å². The Morgan fingerprint density at radius 1 is 1.03 bits per heavy atom. The summed E-state index contributed by atoms with van der Waals surface area (Å²) < 4.78 is 5.49. The zero-order chi connectivity index (χ0) is 24.2. The molecule has 7 nitrogen and oxygen atoms in total. The summed E-state index contributed by atoms with van der Waals surface area (Å²) in [5, 5.41) is 19.0. The summed E-state index contributed by atoms with van der Waals surface area (Å²) in [6.45, 7) is 5.17. The van der Waals surface area contributed by atoms with E-state index in [0.29, 0.717) is 23.4 Å². The van der Waals surface area contributed by atoms with Gasteiger partial charge in [0.05, 0.1) is 11.5 Å². The zero-order valence-corrected chi connectivity index (χ0v) is 21.4. The van der Waals surface area contributed by atoms with E-state index in [0.717, 1.165) is 94.0 Å². The SMILES string of the molecule is O=C(CC1CCC(O)CC1)NC1CCC(CCN2CCN(c3noc4cc(Cl)ccc34)CC2)CC1. The van der Waals surface area contributed by atoms with E-state index >= 15 is 0 Å². The molecule has 0 unspecified atom stereocenters. The van der Waals surface area contributed by atoms with Gasteiger partial charge in [-0.2, -0.15) is 0 Å². The molecule has 2 aromatic rings. The van der Waals surface area contributed by atoms with Gasteiger partial charge in [0.2, 0.25) is 5.91 Å². The molecule has 192 valence electrons. The van der Waals surface area contributed by atoms with Gasteiger partial charge in [0.25, 0.3) is 0 Å². The predicted molar refractivity (Wildman–Crippen MR) is 139 cm³/mol. The van der Waals surface area contributed by atoms with Crippen LogP contribution in [0.2, 0.25) is 5.02 Å². The number of benzene rings is 1. The fourth-order valence-corrected chi connectivity index (χ4v) is 6.33. The lowest BCUT2D eigenvalue weighted by Gasteiger charge is -2.36. The molecule has 1 aromatic heterocycles. The van der Waals surface area contributed by atoms with Crippen molar-refractivity contribution in [2.75, 3.05) is 37.6 Å². The molecule has 2 aliphatic carbocycles. The average Bonchev–Trinajstić information content (AvgIpc) is 3.28. The molecule has 35 heavy (non-hydrogen) atoms. The molecule has 2 heterocycles. The highest BCUT2D eigenvalue weighted by Gasteiger charge is 2.27. The molecule has 3 aliphatic rings. The van der Waals surface area contributed by atoms with Crippen molar-refractivity contribution in [1.29, 1.82) is 0 Å². The molecular formula is C27H39ClN4O3. The highest BCUT2D eigenvalue weighted by molar-refractivity contribution is 6.31. The first kappa shape index (κ1) is 24.8. The Morgan fingerprint density at radius 3 is 2.49 bits per heavy atom. The molecule has 5 rings (SSSR count). The van der Waals surface area contributed by atoms with E-state index in [1.807, 2.05) is 18.2 Å². The number of hydrogen-bond donors (Lipinski definition) is 2. The third-order valence-electron chi connectivity index (χ3n) is 8.44. The number of amides is 1. The van der Waals surface area contributed by atoms with Crippen LogP contribution in [0.4, 0.5) is 5.82 Å². The number of piperazine rings is 1. The van der Waals surface area contributed by atoms with Crippen molar-refractivity contribution in [3.63, 3.8) is 0 Å². The van der Waals surface area contributed by atoms with Crippen LogP contribution in [0.1, 0.15) is 64.2 Å². The molecule has 1 saturated heterocycles. The highest BCUT2D eigenvalue weighted by atomic mass is 35.5. The number of nitrogens with zero attached hydrogens (tertiary/aromatic N) is 3. The maximum absolute atomic E-state index is 12.5. The first-order chi connectivity index (χ1) is 17.0. The number of fused-ring (bicyclic) bond motifs is 1. The Morgan fingerprint density at radius 2 is 1.74 bits per heavy atom. The first-order valence-electron chi connectivity index (χ1n) is 13.5. The number of aromatic nitrogens is 1. The van der Waals surface area contributed by atoms with Gasteiger partial charge in [-0.1, -0.05) is 16.8 Å². The molecule has 3 fully saturated rings. The average molecular weight is 503 g/mol. The number of aliphatic hydroxyl groups is 1. The minimum absolute atomic E-state index is 0.151. The summed E-state index contributed by atoms with van der Waals surface area (Å²) in [5.41, 5.74) is 0.746. The second-order valence-electron chi connectivity index (χ2n) is 10.9. The molecule has 0 atom stereocenters. The summed E-state index contributed by atoms with van der Waals surface area (Å²) in [4.78, 5) is 17.4. The van der Waals surface area contributed by atoms with E-state index in [4.69, 9.17) is 16.1 Å². The van der Waals surface area contributed by atoms with E-state index < -0.39 is 0 Å². The number of carbonyl (C=O) groups is 1. The van der Waals surface area contributed by atoms with Crippen LogP contribution in [0.25, 0.3) is 11.0 Å². The highest BCUT2D eigenvalue weighted by Crippen LogP contribution is 2.31.